The van der Waals surface area contributed by atoms with E-state index in [-0.39, 0.29) is 24.0 Å². The Morgan fingerprint density at radius 2 is 0.796 bits per heavy atom. The molecule has 7 rings (SSSR count). The van der Waals surface area contributed by atoms with Crippen LogP contribution in [0, 0.1) is 0 Å². The Labute approximate surface area is 291 Å². The SMILES string of the molecule is CC(C)(C)c1ccc(C2(c3ccc(C(C)(C)C)cc3)c3cc(-c4ccccc4CO)ccc3-c3ccc(-c4ccccc4CO)cc32)cc1. The Balaban J connectivity index is 1.59. The summed E-state index contributed by atoms with van der Waals surface area (Å²) in [7, 11) is 0. The normalized spacial score (nSPS) is 13.6. The fourth-order valence-electron chi connectivity index (χ4n) is 7.77. The van der Waals surface area contributed by atoms with Crippen LogP contribution in [0.1, 0.15) is 86.1 Å². The molecule has 0 amide bonds. The van der Waals surface area contributed by atoms with Crippen LogP contribution in [-0.4, -0.2) is 10.2 Å². The lowest BCUT2D eigenvalue weighted by Gasteiger charge is -2.35. The number of benzene rings is 6. The van der Waals surface area contributed by atoms with E-state index < -0.39 is 5.41 Å². The van der Waals surface area contributed by atoms with Crippen molar-refractivity contribution in [1.82, 2.24) is 0 Å². The number of hydrogen-bond donors (Lipinski definition) is 2. The van der Waals surface area contributed by atoms with Crippen molar-refractivity contribution in [2.24, 2.45) is 0 Å². The highest BCUT2D eigenvalue weighted by Crippen LogP contribution is 2.58. The van der Waals surface area contributed by atoms with Gasteiger partial charge >= 0.3 is 0 Å². The van der Waals surface area contributed by atoms with Gasteiger partial charge in [0.05, 0.1) is 18.6 Å². The van der Waals surface area contributed by atoms with Gasteiger partial charge in [0.15, 0.2) is 0 Å². The van der Waals surface area contributed by atoms with Gasteiger partial charge in [-0.3, -0.25) is 0 Å². The monoisotopic (exact) mass is 642 g/mol. The summed E-state index contributed by atoms with van der Waals surface area (Å²) >= 11 is 0. The van der Waals surface area contributed by atoms with Crippen LogP contribution in [-0.2, 0) is 29.5 Å². The van der Waals surface area contributed by atoms with E-state index in [1.54, 1.807) is 0 Å². The lowest BCUT2D eigenvalue weighted by atomic mass is 9.66. The fraction of sp³-hybridized carbons (Fsp3) is 0.234. The first kappa shape index (κ1) is 32.8. The summed E-state index contributed by atoms with van der Waals surface area (Å²) in [5.74, 6) is 0. The van der Waals surface area contributed by atoms with Crippen molar-refractivity contribution in [2.45, 2.75) is 71.0 Å². The topological polar surface area (TPSA) is 40.5 Å². The molecule has 0 heterocycles. The number of hydrogen-bond acceptors (Lipinski definition) is 2. The summed E-state index contributed by atoms with van der Waals surface area (Å²) in [5, 5.41) is 20.6. The van der Waals surface area contributed by atoms with Crippen LogP contribution in [0.3, 0.4) is 0 Å². The lowest BCUT2D eigenvalue weighted by molar-refractivity contribution is 0.282. The minimum Gasteiger partial charge on any atom is -0.392 e. The van der Waals surface area contributed by atoms with Crippen molar-refractivity contribution in [3.05, 3.63) is 178 Å². The third kappa shape index (κ3) is 5.54. The third-order valence-corrected chi connectivity index (χ3v) is 10.5. The van der Waals surface area contributed by atoms with Crippen molar-refractivity contribution in [3.63, 3.8) is 0 Å². The second-order valence-corrected chi connectivity index (χ2v) is 15.6. The zero-order chi connectivity index (χ0) is 34.6. The van der Waals surface area contributed by atoms with Gasteiger partial charge in [-0.2, -0.15) is 0 Å². The largest absolute Gasteiger partial charge is 0.392 e. The molecule has 246 valence electrons. The van der Waals surface area contributed by atoms with Crippen molar-refractivity contribution in [3.8, 4) is 33.4 Å². The summed E-state index contributed by atoms with van der Waals surface area (Å²) < 4.78 is 0. The molecular formula is C47H46O2. The number of aliphatic hydroxyl groups excluding tert-OH is 2. The highest BCUT2D eigenvalue weighted by Gasteiger charge is 2.47. The molecule has 2 heteroatoms. The van der Waals surface area contributed by atoms with Gasteiger partial charge < -0.3 is 10.2 Å². The molecule has 0 aromatic heterocycles. The zero-order valence-electron chi connectivity index (χ0n) is 29.5. The van der Waals surface area contributed by atoms with Gasteiger partial charge in [-0.25, -0.2) is 0 Å². The minimum absolute atomic E-state index is 0.0191. The van der Waals surface area contributed by atoms with Gasteiger partial charge in [-0.15, -0.1) is 0 Å². The Hall–Kier alpha value is -4.76. The first-order valence-electron chi connectivity index (χ1n) is 17.4. The fourth-order valence-corrected chi connectivity index (χ4v) is 7.77. The van der Waals surface area contributed by atoms with Gasteiger partial charge in [-0.05, 0) is 101 Å². The second-order valence-electron chi connectivity index (χ2n) is 15.6. The summed E-state index contributed by atoms with van der Waals surface area (Å²) in [6, 6.07) is 48.5. The van der Waals surface area contributed by atoms with Crippen molar-refractivity contribution in [2.75, 3.05) is 0 Å². The Morgan fingerprint density at radius 3 is 1.14 bits per heavy atom. The summed E-state index contributed by atoms with van der Waals surface area (Å²) in [5.41, 5.74) is 15.4. The van der Waals surface area contributed by atoms with Crippen LogP contribution in [0.4, 0.5) is 0 Å². The Kier molecular flexibility index (Phi) is 8.22. The molecule has 0 saturated heterocycles. The van der Waals surface area contributed by atoms with Crippen LogP contribution in [0.2, 0.25) is 0 Å². The van der Waals surface area contributed by atoms with Crippen molar-refractivity contribution < 1.29 is 10.2 Å². The third-order valence-electron chi connectivity index (χ3n) is 10.5. The van der Waals surface area contributed by atoms with Crippen LogP contribution < -0.4 is 0 Å². The van der Waals surface area contributed by atoms with Crippen LogP contribution in [0.25, 0.3) is 33.4 Å². The predicted molar refractivity (Wildman–Crippen MR) is 204 cm³/mol. The quantitative estimate of drug-likeness (QED) is 0.189. The number of fused-ring (bicyclic) bond motifs is 3. The van der Waals surface area contributed by atoms with Gasteiger partial charge in [0.25, 0.3) is 0 Å². The standard InChI is InChI=1S/C47H46O2/c1-45(2,3)35-17-21-37(22-18-35)47(38-23-19-36(20-24-38)46(4,5)6)43-27-31(39-13-9-7-11-33(39)29-48)15-25-41(43)42-26-16-32(28-44(42)47)40-14-10-8-12-34(40)30-49/h7-28,48-49H,29-30H2,1-6H3. The molecule has 2 N–H and O–H groups in total. The van der Waals surface area contributed by atoms with Gasteiger partial charge in [0.2, 0.25) is 0 Å². The summed E-state index contributed by atoms with van der Waals surface area (Å²) in [6.45, 7) is 13.5. The van der Waals surface area contributed by atoms with Gasteiger partial charge in [0, 0.05) is 0 Å². The molecule has 0 bridgehead atoms. The van der Waals surface area contributed by atoms with Crippen molar-refractivity contribution in [1.29, 1.82) is 0 Å². The van der Waals surface area contributed by atoms with Crippen LogP contribution in [0.5, 0.6) is 0 Å². The maximum Gasteiger partial charge on any atom is 0.0714 e. The van der Waals surface area contributed by atoms with E-state index in [1.807, 2.05) is 36.4 Å². The van der Waals surface area contributed by atoms with Crippen molar-refractivity contribution >= 4 is 0 Å². The molecule has 1 aliphatic rings. The molecule has 0 unspecified atom stereocenters. The molecule has 6 aromatic carbocycles. The molecular weight excluding hydrogens is 597 g/mol. The first-order valence-corrected chi connectivity index (χ1v) is 17.4. The first-order chi connectivity index (χ1) is 23.5. The van der Waals surface area contributed by atoms with Crippen LogP contribution >= 0.6 is 0 Å². The molecule has 0 spiro atoms. The number of aliphatic hydroxyl groups is 2. The maximum absolute atomic E-state index is 10.3. The smallest absolute Gasteiger partial charge is 0.0714 e. The molecule has 6 aromatic rings. The summed E-state index contributed by atoms with van der Waals surface area (Å²) in [4.78, 5) is 0. The van der Waals surface area contributed by atoms with E-state index in [2.05, 4.69) is 139 Å². The van der Waals surface area contributed by atoms with Crippen LogP contribution in [0.15, 0.2) is 133 Å². The second kappa shape index (κ2) is 12.3. The lowest BCUT2D eigenvalue weighted by Crippen LogP contribution is -2.29. The highest BCUT2D eigenvalue weighted by molar-refractivity contribution is 5.90. The molecule has 0 saturated carbocycles. The van der Waals surface area contributed by atoms with E-state index in [4.69, 9.17) is 0 Å². The Morgan fingerprint density at radius 1 is 0.429 bits per heavy atom. The molecule has 2 nitrogen and oxygen atoms in total. The average Bonchev–Trinajstić information content (AvgIpc) is 3.40. The van der Waals surface area contributed by atoms with Gasteiger partial charge in [-0.1, -0.05) is 163 Å². The zero-order valence-corrected chi connectivity index (χ0v) is 29.5. The molecule has 1 aliphatic carbocycles. The molecule has 49 heavy (non-hydrogen) atoms. The summed E-state index contributed by atoms with van der Waals surface area (Å²) in [6.07, 6.45) is 0. The molecule has 0 atom stereocenters. The maximum atomic E-state index is 10.3. The van der Waals surface area contributed by atoms with E-state index >= 15 is 0 Å². The highest BCUT2D eigenvalue weighted by atomic mass is 16.3. The molecule has 0 radical (unpaired) electrons. The average molecular weight is 643 g/mol. The number of rotatable bonds is 6. The predicted octanol–water partition coefficient (Wildman–Crippen LogP) is 11.0. The van der Waals surface area contributed by atoms with E-state index in [0.29, 0.717) is 0 Å². The minimum atomic E-state index is -0.619. The van der Waals surface area contributed by atoms with E-state index in [9.17, 15) is 10.2 Å². The Bertz CT molecular complexity index is 1980. The molecule has 0 fully saturated rings. The van der Waals surface area contributed by atoms with Gasteiger partial charge in [0.1, 0.15) is 0 Å². The van der Waals surface area contributed by atoms with E-state index in [0.717, 1.165) is 33.4 Å². The molecule has 0 aliphatic heterocycles. The van der Waals surface area contributed by atoms with E-state index in [1.165, 1.54) is 44.5 Å².